The molecule has 0 unspecified atom stereocenters. The Morgan fingerprint density at radius 1 is 1.16 bits per heavy atom. The number of ether oxygens (including phenoxy) is 1. The first-order chi connectivity index (χ1) is 14.8. The van der Waals surface area contributed by atoms with Gasteiger partial charge in [0.05, 0.1) is 7.11 Å². The molecule has 0 saturated heterocycles. The summed E-state index contributed by atoms with van der Waals surface area (Å²) in [5.41, 5.74) is 1.20. The van der Waals surface area contributed by atoms with Crippen molar-refractivity contribution in [2.45, 2.75) is 58.4 Å². The van der Waals surface area contributed by atoms with Gasteiger partial charge in [-0.15, -0.1) is 34.2 Å². The second-order valence-electron chi connectivity index (χ2n) is 7.90. The number of guanidine groups is 1. The van der Waals surface area contributed by atoms with E-state index in [-0.39, 0.29) is 24.0 Å². The molecule has 0 atom stereocenters. The highest BCUT2D eigenvalue weighted by atomic mass is 127. The van der Waals surface area contributed by atoms with Crippen LogP contribution in [0.5, 0.6) is 5.75 Å². The van der Waals surface area contributed by atoms with Crippen molar-refractivity contribution in [1.29, 1.82) is 0 Å². The minimum absolute atomic E-state index is 0. The molecule has 1 saturated carbocycles. The number of aliphatic imine (C=N–C) groups is 1. The van der Waals surface area contributed by atoms with E-state index < -0.39 is 0 Å². The van der Waals surface area contributed by atoms with Gasteiger partial charge < -0.3 is 19.9 Å². The maximum Gasteiger partial charge on any atom is 0.191 e. The average Bonchev–Trinajstić information content (AvgIpc) is 3.25. The van der Waals surface area contributed by atoms with E-state index in [2.05, 4.69) is 44.5 Å². The first-order valence-electron chi connectivity index (χ1n) is 11.3. The maximum absolute atomic E-state index is 5.47. The van der Waals surface area contributed by atoms with Crippen LogP contribution in [0.4, 0.5) is 0 Å². The molecule has 0 radical (unpaired) electrons. The minimum atomic E-state index is 0. The summed E-state index contributed by atoms with van der Waals surface area (Å²) in [7, 11) is 1.72. The molecule has 31 heavy (non-hydrogen) atoms. The zero-order valence-corrected chi connectivity index (χ0v) is 21.2. The largest absolute Gasteiger partial charge is 0.496 e. The lowest BCUT2D eigenvalue weighted by molar-refractivity contribution is 0.366. The van der Waals surface area contributed by atoms with E-state index >= 15 is 0 Å². The molecule has 7 nitrogen and oxygen atoms in total. The number of hydrogen-bond donors (Lipinski definition) is 2. The summed E-state index contributed by atoms with van der Waals surface area (Å²) in [5, 5.41) is 15.2. The third kappa shape index (κ3) is 8.31. The van der Waals surface area contributed by atoms with Crippen molar-refractivity contribution in [1.82, 2.24) is 25.4 Å². The van der Waals surface area contributed by atoms with E-state index in [1.165, 1.54) is 37.7 Å². The highest BCUT2D eigenvalue weighted by Gasteiger charge is 2.13. The average molecular weight is 540 g/mol. The molecule has 172 valence electrons. The van der Waals surface area contributed by atoms with Crippen LogP contribution in [0.2, 0.25) is 0 Å². The summed E-state index contributed by atoms with van der Waals surface area (Å²) in [6.07, 6.45) is 10.3. The fourth-order valence-electron chi connectivity index (χ4n) is 4.02. The Hall–Kier alpha value is -1.84. The van der Waals surface area contributed by atoms with Crippen LogP contribution < -0.4 is 15.4 Å². The highest BCUT2D eigenvalue weighted by molar-refractivity contribution is 14.0. The van der Waals surface area contributed by atoms with E-state index in [1.807, 2.05) is 12.1 Å². The van der Waals surface area contributed by atoms with E-state index in [9.17, 15) is 0 Å². The molecule has 2 N–H and O–H groups in total. The molecule has 0 spiro atoms. The monoisotopic (exact) mass is 540 g/mol. The van der Waals surface area contributed by atoms with Gasteiger partial charge in [0.2, 0.25) is 0 Å². The predicted molar refractivity (Wildman–Crippen MR) is 136 cm³/mol. The van der Waals surface area contributed by atoms with Gasteiger partial charge in [-0.2, -0.15) is 0 Å². The zero-order valence-electron chi connectivity index (χ0n) is 18.8. The van der Waals surface area contributed by atoms with Gasteiger partial charge in [-0.1, -0.05) is 44.4 Å². The maximum atomic E-state index is 5.47. The van der Waals surface area contributed by atoms with Crippen LogP contribution in [0.3, 0.4) is 0 Å². The van der Waals surface area contributed by atoms with E-state index in [0.717, 1.165) is 62.5 Å². The van der Waals surface area contributed by atoms with E-state index in [1.54, 1.807) is 13.4 Å². The number of para-hydroxylation sites is 1. The Balaban J connectivity index is 0.00000341. The number of rotatable bonds is 10. The van der Waals surface area contributed by atoms with Crippen molar-refractivity contribution < 1.29 is 4.74 Å². The van der Waals surface area contributed by atoms with Crippen molar-refractivity contribution in [2.75, 3.05) is 26.7 Å². The zero-order chi connectivity index (χ0) is 21.0. The number of methoxy groups -OCH3 is 1. The van der Waals surface area contributed by atoms with Crippen LogP contribution in [-0.4, -0.2) is 47.5 Å². The molecule has 1 aromatic heterocycles. The van der Waals surface area contributed by atoms with E-state index in [4.69, 9.17) is 9.73 Å². The van der Waals surface area contributed by atoms with Gasteiger partial charge in [0, 0.05) is 32.6 Å². The molecule has 1 aliphatic rings. The molecule has 8 heteroatoms. The van der Waals surface area contributed by atoms with Gasteiger partial charge in [-0.05, 0) is 36.8 Å². The van der Waals surface area contributed by atoms with Gasteiger partial charge in [-0.3, -0.25) is 4.99 Å². The normalized spacial score (nSPS) is 14.7. The Morgan fingerprint density at radius 3 is 2.71 bits per heavy atom. The Morgan fingerprint density at radius 2 is 1.94 bits per heavy atom. The van der Waals surface area contributed by atoms with Crippen molar-refractivity contribution in [2.24, 2.45) is 10.9 Å². The molecule has 0 bridgehead atoms. The van der Waals surface area contributed by atoms with Gasteiger partial charge in [0.1, 0.15) is 17.9 Å². The minimum Gasteiger partial charge on any atom is -0.496 e. The number of aryl methyl sites for hydroxylation is 1. The smallest absolute Gasteiger partial charge is 0.191 e. The molecule has 2 aromatic rings. The Bertz CT molecular complexity index is 788. The van der Waals surface area contributed by atoms with Gasteiger partial charge in [0.15, 0.2) is 5.96 Å². The first kappa shape index (κ1) is 25.4. The molecule has 3 rings (SSSR count). The van der Waals surface area contributed by atoms with Crippen LogP contribution >= 0.6 is 24.0 Å². The van der Waals surface area contributed by atoms with Crippen molar-refractivity contribution >= 4 is 29.9 Å². The second-order valence-corrected chi connectivity index (χ2v) is 7.90. The Labute approximate surface area is 203 Å². The summed E-state index contributed by atoms with van der Waals surface area (Å²) in [6.45, 7) is 5.42. The van der Waals surface area contributed by atoms with Crippen molar-refractivity contribution in [3.05, 3.63) is 42.0 Å². The number of nitrogens with one attached hydrogen (secondary N) is 2. The van der Waals surface area contributed by atoms with Crippen LogP contribution in [-0.2, 0) is 19.4 Å². The molecule has 1 fully saturated rings. The lowest BCUT2D eigenvalue weighted by Gasteiger charge is -2.20. The van der Waals surface area contributed by atoms with Crippen molar-refractivity contribution in [3.8, 4) is 5.75 Å². The summed E-state index contributed by atoms with van der Waals surface area (Å²) in [5.74, 6) is 3.56. The number of hydrogen-bond acceptors (Lipinski definition) is 4. The van der Waals surface area contributed by atoms with Crippen LogP contribution in [0.1, 0.15) is 50.4 Å². The van der Waals surface area contributed by atoms with Gasteiger partial charge in [-0.25, -0.2) is 0 Å². The molecule has 1 aromatic carbocycles. The first-order valence-corrected chi connectivity index (χ1v) is 11.3. The van der Waals surface area contributed by atoms with Crippen LogP contribution in [0, 0.1) is 5.92 Å². The third-order valence-electron chi connectivity index (χ3n) is 5.77. The van der Waals surface area contributed by atoms with Crippen LogP contribution in [0.15, 0.2) is 35.6 Å². The number of nitrogens with zero attached hydrogens (tertiary/aromatic N) is 4. The van der Waals surface area contributed by atoms with Crippen LogP contribution in [0.25, 0.3) is 0 Å². The molecule has 0 amide bonds. The van der Waals surface area contributed by atoms with Gasteiger partial charge in [0.25, 0.3) is 0 Å². The molecule has 0 aliphatic heterocycles. The standard InChI is InChI=1S/C23H36N6O.HI/c1-3-22-28-27-18-29(22)16-15-25-23(26-17-19-9-5-4-6-10-19)24-14-13-20-11-7-8-12-21(20)30-2;/h7-8,11-12,18-19H,3-6,9-10,13-17H2,1-2H3,(H2,24,25,26);1H. The lowest BCUT2D eigenvalue weighted by Crippen LogP contribution is -2.40. The summed E-state index contributed by atoms with van der Waals surface area (Å²) in [4.78, 5) is 4.91. The molecular weight excluding hydrogens is 503 g/mol. The fraction of sp³-hybridized carbons (Fsp3) is 0.609. The lowest BCUT2D eigenvalue weighted by atomic mass is 9.89. The van der Waals surface area contributed by atoms with Crippen molar-refractivity contribution in [3.63, 3.8) is 0 Å². The van der Waals surface area contributed by atoms with E-state index in [0.29, 0.717) is 0 Å². The topological polar surface area (TPSA) is 76.4 Å². The van der Waals surface area contributed by atoms with Gasteiger partial charge >= 0.3 is 0 Å². The second kappa shape index (κ2) is 14.3. The Kier molecular flexibility index (Phi) is 11.7. The fourth-order valence-corrected chi connectivity index (χ4v) is 4.02. The quantitative estimate of drug-likeness (QED) is 0.272. The predicted octanol–water partition coefficient (Wildman–Crippen LogP) is 3.83. The summed E-state index contributed by atoms with van der Waals surface area (Å²) < 4.78 is 7.57. The summed E-state index contributed by atoms with van der Waals surface area (Å²) >= 11 is 0. The third-order valence-corrected chi connectivity index (χ3v) is 5.77. The number of halogens is 1. The SMILES string of the molecule is CCc1nncn1CCNC(=NCC1CCCCC1)NCCc1ccccc1OC.I. The molecule has 1 aliphatic carbocycles. The molecular formula is C23H37IN6O. The summed E-state index contributed by atoms with van der Waals surface area (Å²) in [6, 6.07) is 8.18. The number of aromatic nitrogens is 3. The highest BCUT2D eigenvalue weighted by Crippen LogP contribution is 2.23. The molecule has 1 heterocycles. The number of benzene rings is 1.